The van der Waals surface area contributed by atoms with Crippen LogP contribution in [-0.4, -0.2) is 167 Å². The molecule has 0 amide bonds. The Morgan fingerprint density at radius 3 is 1.75 bits per heavy atom. The van der Waals surface area contributed by atoms with Gasteiger partial charge < -0.3 is 52.6 Å². The Bertz CT molecular complexity index is 3580. The summed E-state index contributed by atoms with van der Waals surface area (Å²) in [6, 6.07) is 40.4. The van der Waals surface area contributed by atoms with Crippen molar-refractivity contribution in [3.8, 4) is 45.3 Å². The summed E-state index contributed by atoms with van der Waals surface area (Å²) < 4.78 is 40.2. The molecule has 11 rings (SSSR count). The molecular weight excluding hydrogens is 1030 g/mol. The van der Waals surface area contributed by atoms with Gasteiger partial charge in [0, 0.05) is 136 Å². The number of carbonyl (C=O) groups excluding carboxylic acids is 4. The van der Waals surface area contributed by atoms with Crippen molar-refractivity contribution in [2.24, 2.45) is 0 Å². The molecule has 8 aromatic rings. The fourth-order valence-corrected chi connectivity index (χ4v) is 11.3. The minimum atomic E-state index is -1.37. The van der Waals surface area contributed by atoms with Gasteiger partial charge in [-0.05, 0) is 86.9 Å². The summed E-state index contributed by atoms with van der Waals surface area (Å²) in [6.07, 6.45) is -4.82. The Kier molecular flexibility index (Phi) is 15.6. The number of hydrogen-bond acceptors (Lipinski definition) is 17. The number of ether oxygens (including phenoxy) is 6. The second-order valence-electron chi connectivity index (χ2n) is 21.0. The lowest BCUT2D eigenvalue weighted by Crippen LogP contribution is -2.60. The number of aromatic nitrogens is 6. The van der Waals surface area contributed by atoms with Gasteiger partial charge in [-0.3, -0.25) is 23.7 Å². The van der Waals surface area contributed by atoms with Gasteiger partial charge in [0.05, 0.1) is 31.2 Å². The van der Waals surface area contributed by atoms with Crippen LogP contribution in [0.2, 0.25) is 0 Å². The normalized spacial score (nSPS) is 19.9. The second kappa shape index (κ2) is 23.2. The molecule has 5 atom stereocenters. The Morgan fingerprint density at radius 2 is 1.15 bits per heavy atom. The molecule has 0 bridgehead atoms. The van der Waals surface area contributed by atoms with Crippen LogP contribution in [0.25, 0.3) is 61.4 Å². The zero-order chi connectivity index (χ0) is 56.5. The maximum atomic E-state index is 12.7. The number of nitrogens with zero attached hydrogens (tertiary/aromatic N) is 10. The average molecular weight is 1100 g/mol. The highest BCUT2D eigenvalue weighted by molar-refractivity contribution is 6.09. The summed E-state index contributed by atoms with van der Waals surface area (Å²) in [5.74, 6) is -1.31. The van der Waals surface area contributed by atoms with Gasteiger partial charge in [-0.15, -0.1) is 5.10 Å². The van der Waals surface area contributed by atoms with Crippen LogP contribution < -0.4 is 14.5 Å². The Hall–Kier alpha value is -8.59. The van der Waals surface area contributed by atoms with E-state index in [0.29, 0.717) is 5.69 Å². The maximum absolute atomic E-state index is 12.7. The number of carbonyl (C=O) groups is 4. The third-order valence-corrected chi connectivity index (χ3v) is 15.4. The molecule has 420 valence electrons. The minimum absolute atomic E-state index is 0.248. The number of rotatable bonds is 15. The van der Waals surface area contributed by atoms with Crippen molar-refractivity contribution >= 4 is 57.1 Å². The first-order chi connectivity index (χ1) is 39.2. The summed E-state index contributed by atoms with van der Waals surface area (Å²) in [6.45, 7) is 12.5. The predicted octanol–water partition coefficient (Wildman–Crippen LogP) is 7.39. The molecule has 0 spiro atoms. The van der Waals surface area contributed by atoms with Crippen molar-refractivity contribution in [1.82, 2.24) is 38.9 Å². The fraction of sp³-hybridized carbons (Fsp3) is 0.361. The number of likely N-dealkylation sites (N-methyl/N-ethyl adjacent to an activating group) is 2. The molecule has 5 aromatic carbocycles. The number of imidazole rings is 1. The van der Waals surface area contributed by atoms with Gasteiger partial charge in [0.1, 0.15) is 30.0 Å². The molecule has 3 fully saturated rings. The third kappa shape index (κ3) is 11.4. The SMILES string of the molecule is COc1ccc(-n2c(-c3ccc4c(c3)c3ccccc3n4Cc3cn([C@@H]4O[C@H](COC(C)=O)[C@H](OC(C)=O)[C@H](OC(C)=O)[C@H]4OC(C)=O)nn3)nc(-c3ccc(N4CCN(C)CC4)cc3)c2-c2ccc(N3CCN(C)CC3)cc2)cc1. The van der Waals surface area contributed by atoms with Gasteiger partial charge in [-0.25, -0.2) is 9.67 Å². The van der Waals surface area contributed by atoms with E-state index in [4.69, 9.17) is 33.4 Å². The van der Waals surface area contributed by atoms with E-state index in [9.17, 15) is 19.2 Å². The van der Waals surface area contributed by atoms with Crippen LogP contribution in [0.3, 0.4) is 0 Å². The summed E-state index contributed by atoms with van der Waals surface area (Å²) in [4.78, 5) is 64.9. The summed E-state index contributed by atoms with van der Waals surface area (Å²) in [7, 11) is 6.01. The predicted molar refractivity (Wildman–Crippen MR) is 305 cm³/mol. The van der Waals surface area contributed by atoms with E-state index in [1.807, 2.05) is 24.3 Å². The molecule has 0 N–H and O–H groups in total. The highest BCUT2D eigenvalue weighted by Crippen LogP contribution is 2.42. The lowest BCUT2D eigenvalue weighted by molar-refractivity contribution is -0.270. The molecule has 0 saturated carbocycles. The molecule has 3 saturated heterocycles. The minimum Gasteiger partial charge on any atom is -0.497 e. The number of fused-ring (bicyclic) bond motifs is 3. The van der Waals surface area contributed by atoms with E-state index in [1.54, 1.807) is 13.3 Å². The first-order valence-electron chi connectivity index (χ1n) is 27.3. The molecule has 0 radical (unpaired) electrons. The van der Waals surface area contributed by atoms with E-state index in [0.717, 1.165) is 120 Å². The average Bonchev–Trinajstić information content (AvgIpc) is 4.33. The fourth-order valence-electron chi connectivity index (χ4n) is 11.3. The number of methoxy groups -OCH3 is 1. The summed E-state index contributed by atoms with van der Waals surface area (Å²) >= 11 is 0. The third-order valence-electron chi connectivity index (χ3n) is 15.4. The van der Waals surface area contributed by atoms with Crippen LogP contribution in [0.15, 0.2) is 121 Å². The van der Waals surface area contributed by atoms with Crippen molar-refractivity contribution in [2.75, 3.05) is 90.0 Å². The molecule has 3 aliphatic rings. The zero-order valence-electron chi connectivity index (χ0n) is 46.6. The van der Waals surface area contributed by atoms with Gasteiger partial charge in [-0.2, -0.15) is 0 Å². The van der Waals surface area contributed by atoms with Gasteiger partial charge in [-0.1, -0.05) is 47.7 Å². The van der Waals surface area contributed by atoms with Crippen LogP contribution in [0.5, 0.6) is 5.75 Å². The molecule has 3 aromatic heterocycles. The lowest BCUT2D eigenvalue weighted by Gasteiger charge is -2.44. The van der Waals surface area contributed by atoms with Crippen molar-refractivity contribution in [3.05, 3.63) is 127 Å². The molecule has 20 heteroatoms. The Labute approximate surface area is 469 Å². The summed E-state index contributed by atoms with van der Waals surface area (Å²) in [5.41, 5.74) is 10.4. The highest BCUT2D eigenvalue weighted by Gasteiger charge is 2.53. The van der Waals surface area contributed by atoms with Crippen LogP contribution in [-0.2, 0) is 49.4 Å². The van der Waals surface area contributed by atoms with E-state index in [-0.39, 0.29) is 13.2 Å². The summed E-state index contributed by atoms with van der Waals surface area (Å²) in [5, 5.41) is 11.0. The Balaban J connectivity index is 1.00. The Morgan fingerprint density at radius 1 is 0.593 bits per heavy atom. The van der Waals surface area contributed by atoms with Crippen molar-refractivity contribution in [2.45, 2.75) is 64.9 Å². The number of para-hydroxylation sites is 1. The molecule has 6 heterocycles. The number of piperazine rings is 2. The monoisotopic (exact) mass is 1100 g/mol. The molecular formula is C61H66N10O10. The smallest absolute Gasteiger partial charge is 0.303 e. The lowest BCUT2D eigenvalue weighted by atomic mass is 9.97. The van der Waals surface area contributed by atoms with Crippen LogP contribution in [0.4, 0.5) is 11.4 Å². The first kappa shape index (κ1) is 54.4. The molecule has 3 aliphatic heterocycles. The van der Waals surface area contributed by atoms with Gasteiger partial charge >= 0.3 is 23.9 Å². The van der Waals surface area contributed by atoms with E-state index in [2.05, 4.69) is 144 Å². The van der Waals surface area contributed by atoms with Gasteiger partial charge in [0.2, 0.25) is 0 Å². The van der Waals surface area contributed by atoms with Crippen molar-refractivity contribution in [1.29, 1.82) is 0 Å². The zero-order valence-corrected chi connectivity index (χ0v) is 46.6. The highest BCUT2D eigenvalue weighted by atomic mass is 16.7. The molecule has 20 nitrogen and oxygen atoms in total. The van der Waals surface area contributed by atoms with E-state index >= 15 is 0 Å². The second-order valence-corrected chi connectivity index (χ2v) is 21.0. The first-order valence-corrected chi connectivity index (χ1v) is 27.3. The topological polar surface area (TPSA) is 190 Å². The van der Waals surface area contributed by atoms with Crippen molar-refractivity contribution in [3.63, 3.8) is 0 Å². The number of benzene rings is 5. The molecule has 0 aliphatic carbocycles. The van der Waals surface area contributed by atoms with Crippen LogP contribution in [0, 0.1) is 0 Å². The molecule has 0 unspecified atom stereocenters. The van der Waals surface area contributed by atoms with Gasteiger partial charge in [0.15, 0.2) is 24.5 Å². The van der Waals surface area contributed by atoms with Crippen LogP contribution in [0.1, 0.15) is 39.6 Å². The van der Waals surface area contributed by atoms with E-state index in [1.165, 1.54) is 43.8 Å². The van der Waals surface area contributed by atoms with Crippen molar-refractivity contribution < 1.29 is 47.6 Å². The number of hydrogen-bond donors (Lipinski definition) is 0. The standard InChI is InChI=1S/C61H66N10O10/c1-38(72)77-37-54-57(78-39(2)73)58(79-40(3)74)59(80-41(4)75)61(81-54)70-36-45(63-64-70)35-69-52-11-9-8-10-50(52)51-34-44(16-25-53(51)69)60-62-55(42-12-17-46(18-13-42)67-30-26-65(5)27-31-67)56(71(60)48-21-23-49(76-7)24-22-48)43-14-19-47(20-15-43)68-32-28-66(6)29-33-68/h8-25,34,36,54,57-59,61H,26-33,35,37H2,1-7H3/t54-,57+,58+,59-,61-/m1/s1. The molecule has 81 heavy (non-hydrogen) atoms. The number of esters is 4. The van der Waals surface area contributed by atoms with Crippen LogP contribution >= 0.6 is 0 Å². The van der Waals surface area contributed by atoms with E-state index < -0.39 is 54.5 Å². The maximum Gasteiger partial charge on any atom is 0.303 e. The quantitative estimate of drug-likeness (QED) is 0.0729. The van der Waals surface area contributed by atoms with Gasteiger partial charge in [0.25, 0.3) is 0 Å². The largest absolute Gasteiger partial charge is 0.497 e. The number of anilines is 2.